The largest absolute Gasteiger partial charge is 0.573 e. The van der Waals surface area contributed by atoms with Crippen LogP contribution in [0.25, 0.3) is 10.8 Å². The molecule has 1 nitrogen and oxygen atoms in total. The van der Waals surface area contributed by atoms with Crippen LogP contribution in [-0.4, -0.2) is 6.36 Å². The number of alkyl halides is 3. The van der Waals surface area contributed by atoms with Crippen molar-refractivity contribution in [1.29, 1.82) is 0 Å². The summed E-state index contributed by atoms with van der Waals surface area (Å²) in [5.74, 6) is -0.795. The highest BCUT2D eigenvalue weighted by molar-refractivity contribution is 5.86. The summed E-state index contributed by atoms with van der Waals surface area (Å²) in [5.41, 5.74) is 0.811. The van der Waals surface area contributed by atoms with Crippen molar-refractivity contribution in [1.82, 2.24) is 0 Å². The molecule has 0 aliphatic heterocycles. The molecule has 0 bridgehead atoms. The van der Waals surface area contributed by atoms with E-state index in [1.165, 1.54) is 31.4 Å². The van der Waals surface area contributed by atoms with E-state index in [1.807, 2.05) is 0 Å². The van der Waals surface area contributed by atoms with E-state index in [-0.39, 0.29) is 11.3 Å². The lowest BCUT2D eigenvalue weighted by Crippen LogP contribution is -2.29. The Morgan fingerprint density at radius 1 is 0.929 bits per heavy atom. The third-order valence-electron chi connectivity index (χ3n) is 6.57. The van der Waals surface area contributed by atoms with Crippen molar-refractivity contribution in [3.63, 3.8) is 0 Å². The molecule has 0 N–H and O–H groups in total. The fourth-order valence-electron chi connectivity index (χ4n) is 5.24. The first-order chi connectivity index (χ1) is 13.2. The molecule has 0 saturated heterocycles. The normalized spacial score (nSPS) is 28.2. The lowest BCUT2D eigenvalue weighted by molar-refractivity contribution is -0.275. The van der Waals surface area contributed by atoms with Crippen LogP contribution in [0.1, 0.15) is 56.9 Å². The zero-order valence-corrected chi connectivity index (χ0v) is 15.7. The Balaban J connectivity index is 1.62. The zero-order valence-electron chi connectivity index (χ0n) is 15.7. The maximum Gasteiger partial charge on any atom is 0.573 e. The van der Waals surface area contributed by atoms with Gasteiger partial charge in [0, 0.05) is 0 Å². The highest BCUT2D eigenvalue weighted by Gasteiger charge is 2.36. The van der Waals surface area contributed by atoms with E-state index < -0.39 is 29.1 Å². The average Bonchev–Trinajstić information content (AvgIpc) is 2.62. The molecule has 2 aromatic carbocycles. The van der Waals surface area contributed by atoms with Crippen molar-refractivity contribution < 1.29 is 26.7 Å². The van der Waals surface area contributed by atoms with Crippen molar-refractivity contribution >= 4 is 10.8 Å². The molecule has 4 atom stereocenters. The second-order valence-electron chi connectivity index (χ2n) is 8.47. The van der Waals surface area contributed by atoms with Crippen LogP contribution in [0, 0.1) is 29.4 Å². The highest BCUT2D eigenvalue weighted by Crippen LogP contribution is 2.48. The van der Waals surface area contributed by atoms with Crippen LogP contribution in [0.4, 0.5) is 22.0 Å². The molecular formula is C22H23F5O. The Morgan fingerprint density at radius 2 is 1.64 bits per heavy atom. The topological polar surface area (TPSA) is 9.23 Å². The fraction of sp³-hybridized carbons (Fsp3) is 0.545. The highest BCUT2D eigenvalue weighted by atomic mass is 19.4. The summed E-state index contributed by atoms with van der Waals surface area (Å²) in [6, 6.07) is 5.21. The van der Waals surface area contributed by atoms with Crippen molar-refractivity contribution in [2.75, 3.05) is 0 Å². The molecule has 6 heteroatoms. The monoisotopic (exact) mass is 398 g/mol. The number of hydrogen-bond acceptors (Lipinski definition) is 1. The van der Waals surface area contributed by atoms with Gasteiger partial charge in [-0.15, -0.1) is 13.2 Å². The van der Waals surface area contributed by atoms with Gasteiger partial charge in [-0.25, -0.2) is 8.78 Å². The van der Waals surface area contributed by atoms with Gasteiger partial charge in [-0.2, -0.15) is 0 Å². The molecule has 2 aliphatic rings. The average molecular weight is 398 g/mol. The minimum absolute atomic E-state index is 0.211. The maximum atomic E-state index is 14.7. The molecule has 2 saturated carbocycles. The molecule has 28 heavy (non-hydrogen) atoms. The van der Waals surface area contributed by atoms with E-state index in [0.717, 1.165) is 42.7 Å². The van der Waals surface area contributed by atoms with Crippen LogP contribution < -0.4 is 4.74 Å². The van der Waals surface area contributed by atoms with Crippen LogP contribution in [0.3, 0.4) is 0 Å². The number of fused-ring (bicyclic) bond motifs is 2. The first-order valence-electron chi connectivity index (χ1n) is 9.88. The molecular weight excluding hydrogens is 375 g/mol. The van der Waals surface area contributed by atoms with Crippen LogP contribution in [0.15, 0.2) is 24.3 Å². The zero-order chi connectivity index (χ0) is 20.1. The van der Waals surface area contributed by atoms with Gasteiger partial charge in [-0.1, -0.05) is 25.5 Å². The van der Waals surface area contributed by atoms with Gasteiger partial charge in [0.15, 0.2) is 11.6 Å². The van der Waals surface area contributed by atoms with Crippen molar-refractivity contribution in [3.8, 4) is 5.75 Å². The van der Waals surface area contributed by atoms with Gasteiger partial charge in [0.1, 0.15) is 5.82 Å². The van der Waals surface area contributed by atoms with E-state index in [0.29, 0.717) is 5.92 Å². The van der Waals surface area contributed by atoms with E-state index in [2.05, 4.69) is 11.7 Å². The summed E-state index contributed by atoms with van der Waals surface area (Å²) in [5, 5.41) is -0.188. The number of benzene rings is 2. The molecule has 152 valence electrons. The molecule has 2 fully saturated rings. The smallest absolute Gasteiger partial charge is 0.403 e. The van der Waals surface area contributed by atoms with E-state index >= 15 is 0 Å². The molecule has 2 unspecified atom stereocenters. The lowest BCUT2D eigenvalue weighted by atomic mass is 9.64. The summed E-state index contributed by atoms with van der Waals surface area (Å²) in [6.45, 7) is 2.30. The fourth-order valence-corrected chi connectivity index (χ4v) is 5.24. The van der Waals surface area contributed by atoms with Gasteiger partial charge in [0.2, 0.25) is 0 Å². The molecule has 0 amide bonds. The SMILES string of the molecule is C[C@@H]1CC[C@@H]2CC(c3cc(F)c4c(F)c(OC(F)(F)F)ccc4c3)CCC2C1. The summed E-state index contributed by atoms with van der Waals surface area (Å²) in [7, 11) is 0. The van der Waals surface area contributed by atoms with Crippen molar-refractivity contribution in [3.05, 3.63) is 41.5 Å². The third kappa shape index (κ3) is 3.83. The Labute approximate surface area is 160 Å². The Bertz CT molecular complexity index is 875. The van der Waals surface area contributed by atoms with Crippen LogP contribution in [-0.2, 0) is 0 Å². The van der Waals surface area contributed by atoms with E-state index in [4.69, 9.17) is 0 Å². The Morgan fingerprint density at radius 3 is 2.39 bits per heavy atom. The summed E-state index contributed by atoms with van der Waals surface area (Å²) in [6.07, 6.45) is 1.75. The Kier molecular flexibility index (Phi) is 5.00. The van der Waals surface area contributed by atoms with Crippen molar-refractivity contribution in [2.24, 2.45) is 17.8 Å². The molecule has 2 aliphatic carbocycles. The Hall–Kier alpha value is -1.85. The summed E-state index contributed by atoms with van der Waals surface area (Å²) < 4.78 is 70.0. The quantitative estimate of drug-likeness (QED) is 0.481. The van der Waals surface area contributed by atoms with Gasteiger partial charge < -0.3 is 4.74 Å². The van der Waals surface area contributed by atoms with Crippen LogP contribution in [0.2, 0.25) is 0 Å². The molecule has 2 aromatic rings. The minimum atomic E-state index is -5.03. The maximum absolute atomic E-state index is 14.7. The lowest BCUT2D eigenvalue weighted by Gasteiger charge is -2.41. The first-order valence-corrected chi connectivity index (χ1v) is 9.88. The standard InChI is InChI=1S/C22H23F5O/c1-12-2-3-14-9-15(5-4-13(14)8-12)17-10-16-6-7-19(28-22(25,26)27)21(24)20(16)18(23)11-17/h6-7,10-15H,2-5,8-9H2,1H3/t12-,13?,14-,15?/m1/s1. The molecule has 0 aromatic heterocycles. The minimum Gasteiger partial charge on any atom is -0.403 e. The molecule has 0 heterocycles. The predicted molar refractivity (Wildman–Crippen MR) is 97.1 cm³/mol. The van der Waals surface area contributed by atoms with Crippen LogP contribution >= 0.6 is 0 Å². The van der Waals surface area contributed by atoms with E-state index in [9.17, 15) is 22.0 Å². The number of rotatable bonds is 2. The summed E-state index contributed by atoms with van der Waals surface area (Å²) in [4.78, 5) is 0. The molecule has 0 radical (unpaired) electrons. The number of hydrogen-bond donors (Lipinski definition) is 0. The van der Waals surface area contributed by atoms with Gasteiger partial charge in [-0.3, -0.25) is 0 Å². The van der Waals surface area contributed by atoms with Crippen LogP contribution in [0.5, 0.6) is 5.75 Å². The molecule has 0 spiro atoms. The number of ether oxygens (including phenoxy) is 1. The van der Waals surface area contributed by atoms with Gasteiger partial charge in [0.05, 0.1) is 5.39 Å². The second kappa shape index (κ2) is 7.20. The van der Waals surface area contributed by atoms with E-state index in [1.54, 1.807) is 6.07 Å². The van der Waals surface area contributed by atoms with Gasteiger partial charge in [-0.05, 0) is 78.9 Å². The van der Waals surface area contributed by atoms with Crippen molar-refractivity contribution in [2.45, 2.75) is 57.7 Å². The van der Waals surface area contributed by atoms with Gasteiger partial charge in [0.25, 0.3) is 0 Å². The molecule has 4 rings (SSSR count). The summed E-state index contributed by atoms with van der Waals surface area (Å²) >= 11 is 0. The number of halogens is 5. The predicted octanol–water partition coefficient (Wildman–Crippen LogP) is 7.34. The second-order valence-corrected chi connectivity index (χ2v) is 8.47. The van der Waals surface area contributed by atoms with Gasteiger partial charge >= 0.3 is 6.36 Å². The third-order valence-corrected chi connectivity index (χ3v) is 6.57. The first kappa shape index (κ1) is 19.5.